The van der Waals surface area contributed by atoms with Crippen LogP contribution in [0, 0.1) is 5.82 Å². The smallest absolute Gasteiger partial charge is 0.289 e. The number of amides is 2. The summed E-state index contributed by atoms with van der Waals surface area (Å²) < 4.78 is 18.1. The fourth-order valence-corrected chi connectivity index (χ4v) is 3.79. The summed E-state index contributed by atoms with van der Waals surface area (Å²) >= 11 is 1.25. The van der Waals surface area contributed by atoms with Crippen LogP contribution >= 0.6 is 11.8 Å². The number of nitrogens with zero attached hydrogens (tertiary/aromatic N) is 4. The van der Waals surface area contributed by atoms with Gasteiger partial charge in [0, 0.05) is 26.2 Å². The molecule has 1 aliphatic rings. The fourth-order valence-electron chi connectivity index (χ4n) is 3.08. The van der Waals surface area contributed by atoms with E-state index >= 15 is 0 Å². The number of H-pyrrole nitrogens is 1. The molecule has 3 heterocycles. The van der Waals surface area contributed by atoms with Gasteiger partial charge in [0.05, 0.1) is 12.0 Å². The molecule has 160 valence electrons. The van der Waals surface area contributed by atoms with Crippen molar-refractivity contribution in [3.63, 3.8) is 0 Å². The average Bonchev–Trinajstić information content (AvgIpc) is 3.49. The molecule has 0 unspecified atom stereocenters. The first-order chi connectivity index (χ1) is 15.1. The van der Waals surface area contributed by atoms with Crippen molar-refractivity contribution in [2.75, 3.05) is 31.9 Å². The van der Waals surface area contributed by atoms with E-state index in [9.17, 15) is 14.0 Å². The number of halogens is 1. The predicted molar refractivity (Wildman–Crippen MR) is 114 cm³/mol. The first-order valence-electron chi connectivity index (χ1n) is 9.68. The lowest BCUT2D eigenvalue weighted by molar-refractivity contribution is -0.129. The lowest BCUT2D eigenvalue weighted by Gasteiger charge is -2.34. The molecule has 8 nitrogen and oxygen atoms in total. The monoisotopic (exact) mass is 441 g/mol. The average molecular weight is 441 g/mol. The summed E-state index contributed by atoms with van der Waals surface area (Å²) in [4.78, 5) is 32.5. The van der Waals surface area contributed by atoms with Crippen LogP contribution < -0.4 is 0 Å². The summed E-state index contributed by atoms with van der Waals surface area (Å²) in [6.07, 6.45) is 5.00. The molecule has 0 bridgehead atoms. The zero-order valence-electron chi connectivity index (χ0n) is 16.5. The molecule has 31 heavy (non-hydrogen) atoms. The van der Waals surface area contributed by atoms with E-state index in [4.69, 9.17) is 4.42 Å². The van der Waals surface area contributed by atoms with Crippen LogP contribution in [-0.4, -0.2) is 68.7 Å². The highest BCUT2D eigenvalue weighted by Gasteiger charge is 2.26. The fraction of sp³-hybridized carbons (Fsp3) is 0.238. The van der Waals surface area contributed by atoms with Crippen LogP contribution in [0.4, 0.5) is 4.39 Å². The summed E-state index contributed by atoms with van der Waals surface area (Å²) in [5.74, 6) is 0.599. The number of aromatic amines is 1. The third-order valence-electron chi connectivity index (χ3n) is 4.76. The maximum absolute atomic E-state index is 12.9. The molecular formula is C21H20FN5O3S. The van der Waals surface area contributed by atoms with Gasteiger partial charge in [0.2, 0.25) is 11.1 Å². The summed E-state index contributed by atoms with van der Waals surface area (Å²) in [5.41, 5.74) is 0.840. The first kappa shape index (κ1) is 20.9. The second-order valence-corrected chi connectivity index (χ2v) is 7.77. The Morgan fingerprint density at radius 2 is 1.84 bits per heavy atom. The maximum Gasteiger partial charge on any atom is 0.289 e. The highest BCUT2D eigenvalue weighted by Crippen LogP contribution is 2.16. The van der Waals surface area contributed by atoms with Gasteiger partial charge in [-0.3, -0.25) is 14.7 Å². The highest BCUT2D eigenvalue weighted by molar-refractivity contribution is 7.99. The summed E-state index contributed by atoms with van der Waals surface area (Å²) in [6.45, 7) is 1.89. The standard InChI is InChI=1S/C21H20FN5O3S/c22-16-6-3-15(4-7-16)5-8-18-23-21(25-24-18)31-14-19(28)26-9-11-27(12-10-26)20(29)17-2-1-13-30-17/h1-8,13H,9-12,14H2,(H,23,24,25)/b8-5+. The van der Waals surface area contributed by atoms with E-state index < -0.39 is 0 Å². The Kier molecular flexibility index (Phi) is 6.46. The van der Waals surface area contributed by atoms with E-state index in [0.717, 1.165) is 5.56 Å². The molecule has 1 N–H and O–H groups in total. The van der Waals surface area contributed by atoms with Gasteiger partial charge < -0.3 is 14.2 Å². The molecule has 2 aromatic heterocycles. The van der Waals surface area contributed by atoms with Crippen LogP contribution in [0.2, 0.25) is 0 Å². The third kappa shape index (κ3) is 5.40. The van der Waals surface area contributed by atoms with Gasteiger partial charge in [-0.25, -0.2) is 9.37 Å². The molecule has 2 amide bonds. The molecule has 0 saturated carbocycles. The first-order valence-corrected chi connectivity index (χ1v) is 10.7. The normalized spacial score (nSPS) is 14.4. The number of aromatic nitrogens is 3. The summed E-state index contributed by atoms with van der Waals surface area (Å²) in [7, 11) is 0. The van der Waals surface area contributed by atoms with Gasteiger partial charge in [0.15, 0.2) is 5.76 Å². The molecule has 3 aromatic rings. The number of hydrogen-bond donors (Lipinski definition) is 1. The minimum atomic E-state index is -0.286. The number of piperazine rings is 1. The van der Waals surface area contributed by atoms with Gasteiger partial charge in [-0.15, -0.1) is 5.10 Å². The Morgan fingerprint density at radius 3 is 2.55 bits per heavy atom. The SMILES string of the molecule is O=C(CSc1n[nH]c(/C=C/c2ccc(F)cc2)n1)N1CCN(C(=O)c2ccco2)CC1. The molecule has 1 fully saturated rings. The molecule has 0 radical (unpaired) electrons. The second kappa shape index (κ2) is 9.61. The summed E-state index contributed by atoms with van der Waals surface area (Å²) in [5, 5.41) is 7.38. The van der Waals surface area contributed by atoms with Gasteiger partial charge in [0.1, 0.15) is 11.6 Å². The van der Waals surface area contributed by atoms with Crippen molar-refractivity contribution in [1.29, 1.82) is 0 Å². The maximum atomic E-state index is 12.9. The number of rotatable bonds is 6. The number of furan rings is 1. The lowest BCUT2D eigenvalue weighted by atomic mass is 10.2. The van der Waals surface area contributed by atoms with Gasteiger partial charge in [-0.1, -0.05) is 30.0 Å². The number of carbonyl (C=O) groups excluding carboxylic acids is 2. The van der Waals surface area contributed by atoms with Gasteiger partial charge >= 0.3 is 0 Å². The lowest BCUT2D eigenvalue weighted by Crippen LogP contribution is -2.51. The molecule has 0 spiro atoms. The van der Waals surface area contributed by atoms with Gasteiger partial charge in [0.25, 0.3) is 5.91 Å². The van der Waals surface area contributed by atoms with E-state index in [1.54, 1.807) is 46.2 Å². The van der Waals surface area contributed by atoms with Crippen molar-refractivity contribution in [3.8, 4) is 0 Å². The molecule has 1 saturated heterocycles. The van der Waals surface area contributed by atoms with Crippen LogP contribution in [0.5, 0.6) is 0 Å². The molecule has 1 aromatic carbocycles. The van der Waals surface area contributed by atoms with Gasteiger partial charge in [-0.2, -0.15) is 0 Å². The van der Waals surface area contributed by atoms with E-state index in [-0.39, 0.29) is 23.4 Å². The van der Waals surface area contributed by atoms with E-state index in [2.05, 4.69) is 15.2 Å². The van der Waals surface area contributed by atoms with E-state index in [1.165, 1.54) is 30.2 Å². The van der Waals surface area contributed by atoms with Crippen molar-refractivity contribution in [2.24, 2.45) is 0 Å². The zero-order valence-corrected chi connectivity index (χ0v) is 17.3. The predicted octanol–water partition coefficient (Wildman–Crippen LogP) is 2.78. The molecular weight excluding hydrogens is 421 g/mol. The van der Waals surface area contributed by atoms with E-state index in [0.29, 0.717) is 42.9 Å². The Hall–Kier alpha value is -3.40. The minimum absolute atomic E-state index is 0.0247. The number of nitrogens with one attached hydrogen (secondary N) is 1. The Morgan fingerprint density at radius 1 is 1.10 bits per heavy atom. The van der Waals surface area contributed by atoms with Gasteiger partial charge in [-0.05, 0) is 35.9 Å². The van der Waals surface area contributed by atoms with Crippen LogP contribution in [0.3, 0.4) is 0 Å². The Balaban J connectivity index is 1.23. The van der Waals surface area contributed by atoms with Crippen LogP contribution in [-0.2, 0) is 4.79 Å². The topological polar surface area (TPSA) is 95.3 Å². The number of hydrogen-bond acceptors (Lipinski definition) is 6. The molecule has 10 heteroatoms. The van der Waals surface area contributed by atoms with Crippen LogP contribution in [0.1, 0.15) is 21.9 Å². The van der Waals surface area contributed by atoms with Crippen molar-refractivity contribution in [3.05, 3.63) is 65.6 Å². The van der Waals surface area contributed by atoms with Crippen molar-refractivity contribution in [2.45, 2.75) is 5.16 Å². The van der Waals surface area contributed by atoms with E-state index in [1.807, 2.05) is 0 Å². The van der Waals surface area contributed by atoms with Crippen molar-refractivity contribution >= 4 is 35.7 Å². The Labute approximate surface area is 182 Å². The second-order valence-electron chi connectivity index (χ2n) is 6.83. The van der Waals surface area contributed by atoms with Crippen molar-refractivity contribution < 1.29 is 18.4 Å². The third-order valence-corrected chi connectivity index (χ3v) is 5.59. The molecule has 1 aliphatic heterocycles. The molecule has 0 atom stereocenters. The summed E-state index contributed by atoms with van der Waals surface area (Å²) in [6, 6.07) is 9.42. The number of benzene rings is 1. The van der Waals surface area contributed by atoms with Crippen LogP contribution in [0.25, 0.3) is 12.2 Å². The van der Waals surface area contributed by atoms with Crippen LogP contribution in [0.15, 0.2) is 52.2 Å². The minimum Gasteiger partial charge on any atom is -0.459 e. The Bertz CT molecular complexity index is 1060. The van der Waals surface area contributed by atoms with Crippen molar-refractivity contribution in [1.82, 2.24) is 25.0 Å². The molecule has 4 rings (SSSR count). The largest absolute Gasteiger partial charge is 0.459 e. The number of carbonyl (C=O) groups is 2. The highest BCUT2D eigenvalue weighted by atomic mass is 32.2. The zero-order chi connectivity index (χ0) is 21.6. The molecule has 0 aliphatic carbocycles. The quantitative estimate of drug-likeness (QED) is 0.591. The number of thioether (sulfide) groups is 1.